The first-order valence-corrected chi connectivity index (χ1v) is 8.75. The van der Waals surface area contributed by atoms with Crippen molar-refractivity contribution in [3.8, 4) is 0 Å². The summed E-state index contributed by atoms with van der Waals surface area (Å²) in [7, 11) is -0.422. The zero-order valence-corrected chi connectivity index (χ0v) is 13.7. The molecule has 1 aromatic heterocycles. The van der Waals surface area contributed by atoms with Gasteiger partial charge < -0.3 is 9.47 Å². The molecule has 1 unspecified atom stereocenters. The van der Waals surface area contributed by atoms with E-state index in [1.807, 2.05) is 9.47 Å². The smallest absolute Gasteiger partial charge is 0.281 e. The highest BCUT2D eigenvalue weighted by atomic mass is 32.2. The Kier molecular flexibility index (Phi) is 3.96. The average Bonchev–Trinajstić information content (AvgIpc) is 3.08. The van der Waals surface area contributed by atoms with Crippen LogP contribution in [0.15, 0.2) is 12.5 Å². The summed E-state index contributed by atoms with van der Waals surface area (Å²) in [5, 5.41) is 0. The summed E-state index contributed by atoms with van der Waals surface area (Å²) in [6.45, 7) is 1.94. The van der Waals surface area contributed by atoms with Crippen LogP contribution in [0.2, 0.25) is 0 Å². The van der Waals surface area contributed by atoms with E-state index in [0.29, 0.717) is 26.1 Å². The van der Waals surface area contributed by atoms with Gasteiger partial charge in [-0.1, -0.05) is 0 Å². The molecule has 9 heteroatoms. The fraction of sp³-hybridized carbons (Fsp3) is 0.692. The number of rotatable bonds is 4. The number of nitrogens with zero attached hydrogens (tertiary/aromatic N) is 5. The SMILES string of the molecule is CN(C)S(=O)(=O)N1Cc2cncn2C(CN2CCCC2=O)C1. The minimum atomic E-state index is -3.48. The summed E-state index contributed by atoms with van der Waals surface area (Å²) < 4.78 is 29.5. The van der Waals surface area contributed by atoms with Crippen LogP contribution >= 0.6 is 0 Å². The predicted octanol–water partition coefficient (Wildman–Crippen LogP) is -0.331. The maximum absolute atomic E-state index is 12.4. The molecule has 8 nitrogen and oxygen atoms in total. The molecule has 22 heavy (non-hydrogen) atoms. The molecule has 1 aromatic rings. The Balaban J connectivity index is 1.85. The van der Waals surface area contributed by atoms with Gasteiger partial charge in [-0.3, -0.25) is 4.79 Å². The van der Waals surface area contributed by atoms with Crippen LogP contribution in [0, 0.1) is 0 Å². The normalized spacial score (nSPS) is 23.3. The number of imidazole rings is 1. The van der Waals surface area contributed by atoms with Gasteiger partial charge >= 0.3 is 0 Å². The van der Waals surface area contributed by atoms with E-state index in [1.54, 1.807) is 12.5 Å². The number of likely N-dealkylation sites (tertiary alicyclic amines) is 1. The third kappa shape index (κ3) is 2.64. The molecule has 0 aliphatic carbocycles. The standard InChI is InChI=1S/C13H21N5O3S/c1-15(2)22(20,21)17-8-11-6-14-10-18(11)12(9-17)7-16-5-3-4-13(16)19/h6,10,12H,3-5,7-9H2,1-2H3. The second-order valence-electron chi connectivity index (χ2n) is 5.97. The summed E-state index contributed by atoms with van der Waals surface area (Å²) in [6, 6.07) is -0.0944. The van der Waals surface area contributed by atoms with Gasteiger partial charge in [0.15, 0.2) is 0 Å². The third-order valence-electron chi connectivity index (χ3n) is 4.28. The van der Waals surface area contributed by atoms with Gasteiger partial charge in [-0.15, -0.1) is 0 Å². The Morgan fingerprint density at radius 2 is 2.18 bits per heavy atom. The molecule has 1 amide bonds. The zero-order chi connectivity index (χ0) is 15.9. The Morgan fingerprint density at radius 1 is 1.41 bits per heavy atom. The second-order valence-corrected chi connectivity index (χ2v) is 8.11. The first kappa shape index (κ1) is 15.4. The predicted molar refractivity (Wildman–Crippen MR) is 80.1 cm³/mol. The average molecular weight is 327 g/mol. The van der Waals surface area contributed by atoms with Crippen molar-refractivity contribution in [3.05, 3.63) is 18.2 Å². The molecule has 122 valence electrons. The molecule has 3 rings (SSSR count). The van der Waals surface area contributed by atoms with Crippen LogP contribution in [0.1, 0.15) is 24.6 Å². The van der Waals surface area contributed by atoms with E-state index < -0.39 is 10.2 Å². The van der Waals surface area contributed by atoms with Crippen molar-refractivity contribution in [2.45, 2.75) is 25.4 Å². The van der Waals surface area contributed by atoms with E-state index in [-0.39, 0.29) is 11.9 Å². The molecule has 1 saturated heterocycles. The van der Waals surface area contributed by atoms with Crippen LogP contribution in [0.4, 0.5) is 0 Å². The molecule has 3 heterocycles. The fourth-order valence-electron chi connectivity index (χ4n) is 3.06. The molecular formula is C13H21N5O3S. The largest absolute Gasteiger partial charge is 0.341 e. The number of carbonyl (C=O) groups excluding carboxylic acids is 1. The van der Waals surface area contributed by atoms with Crippen molar-refractivity contribution in [3.63, 3.8) is 0 Å². The van der Waals surface area contributed by atoms with E-state index in [9.17, 15) is 13.2 Å². The summed E-state index contributed by atoms with van der Waals surface area (Å²) in [4.78, 5) is 17.8. The van der Waals surface area contributed by atoms with E-state index in [4.69, 9.17) is 0 Å². The van der Waals surface area contributed by atoms with Gasteiger partial charge in [0.1, 0.15) is 0 Å². The van der Waals surface area contributed by atoms with E-state index in [1.165, 1.54) is 22.7 Å². The lowest BCUT2D eigenvalue weighted by Crippen LogP contribution is -2.48. The minimum absolute atomic E-state index is 0.0944. The van der Waals surface area contributed by atoms with Crippen molar-refractivity contribution in [2.75, 3.05) is 33.7 Å². The van der Waals surface area contributed by atoms with Gasteiger partial charge in [0.2, 0.25) is 5.91 Å². The maximum Gasteiger partial charge on any atom is 0.281 e. The summed E-state index contributed by atoms with van der Waals surface area (Å²) >= 11 is 0. The molecule has 0 aromatic carbocycles. The van der Waals surface area contributed by atoms with Crippen LogP contribution < -0.4 is 0 Å². The van der Waals surface area contributed by atoms with Crippen molar-refractivity contribution < 1.29 is 13.2 Å². The van der Waals surface area contributed by atoms with Crippen LogP contribution in [0.25, 0.3) is 0 Å². The summed E-state index contributed by atoms with van der Waals surface area (Å²) in [6.07, 6.45) is 4.88. The van der Waals surface area contributed by atoms with Gasteiger partial charge in [0, 0.05) is 46.3 Å². The Bertz CT molecular complexity index is 669. The van der Waals surface area contributed by atoms with Gasteiger partial charge in [0.05, 0.1) is 24.6 Å². The first-order valence-electron chi connectivity index (χ1n) is 7.35. The highest BCUT2D eigenvalue weighted by molar-refractivity contribution is 7.86. The quantitative estimate of drug-likeness (QED) is 0.758. The Morgan fingerprint density at radius 3 is 2.82 bits per heavy atom. The van der Waals surface area contributed by atoms with Crippen molar-refractivity contribution in [1.29, 1.82) is 0 Å². The molecule has 0 radical (unpaired) electrons. The molecule has 0 N–H and O–H groups in total. The number of hydrogen-bond donors (Lipinski definition) is 0. The topological polar surface area (TPSA) is 78.8 Å². The van der Waals surface area contributed by atoms with Crippen LogP contribution in [-0.4, -0.2) is 71.1 Å². The molecule has 2 aliphatic rings. The lowest BCUT2D eigenvalue weighted by molar-refractivity contribution is -0.128. The lowest BCUT2D eigenvalue weighted by atomic mass is 10.2. The lowest BCUT2D eigenvalue weighted by Gasteiger charge is -2.36. The number of fused-ring (bicyclic) bond motifs is 1. The monoisotopic (exact) mass is 327 g/mol. The molecule has 2 aliphatic heterocycles. The molecular weight excluding hydrogens is 306 g/mol. The van der Waals surface area contributed by atoms with Crippen LogP contribution in [0.3, 0.4) is 0 Å². The molecule has 1 atom stereocenters. The Hall–Kier alpha value is -1.45. The van der Waals surface area contributed by atoms with Crippen molar-refractivity contribution >= 4 is 16.1 Å². The van der Waals surface area contributed by atoms with Crippen molar-refractivity contribution in [2.24, 2.45) is 0 Å². The Labute approximate surface area is 130 Å². The minimum Gasteiger partial charge on any atom is -0.341 e. The molecule has 0 saturated carbocycles. The van der Waals surface area contributed by atoms with E-state index in [0.717, 1.165) is 18.7 Å². The van der Waals surface area contributed by atoms with Gasteiger partial charge in [-0.05, 0) is 6.42 Å². The van der Waals surface area contributed by atoms with E-state index in [2.05, 4.69) is 4.98 Å². The number of amides is 1. The highest BCUT2D eigenvalue weighted by Crippen LogP contribution is 2.26. The number of carbonyl (C=O) groups is 1. The van der Waals surface area contributed by atoms with Gasteiger partial charge in [-0.25, -0.2) is 4.98 Å². The summed E-state index contributed by atoms with van der Waals surface area (Å²) in [5.74, 6) is 0.147. The summed E-state index contributed by atoms with van der Waals surface area (Å²) in [5.41, 5.74) is 0.855. The first-order chi connectivity index (χ1) is 10.4. The second kappa shape index (κ2) is 5.64. The molecule has 0 spiro atoms. The van der Waals surface area contributed by atoms with Crippen molar-refractivity contribution in [1.82, 2.24) is 23.1 Å². The maximum atomic E-state index is 12.4. The van der Waals surface area contributed by atoms with Gasteiger partial charge in [-0.2, -0.15) is 17.0 Å². The molecule has 1 fully saturated rings. The zero-order valence-electron chi connectivity index (χ0n) is 12.8. The number of hydrogen-bond acceptors (Lipinski definition) is 4. The number of aromatic nitrogens is 2. The third-order valence-corrected chi connectivity index (χ3v) is 6.14. The van der Waals surface area contributed by atoms with Crippen LogP contribution in [-0.2, 0) is 21.5 Å². The van der Waals surface area contributed by atoms with Crippen LogP contribution in [0.5, 0.6) is 0 Å². The molecule has 0 bridgehead atoms. The van der Waals surface area contributed by atoms with E-state index >= 15 is 0 Å². The fourth-order valence-corrected chi connectivity index (χ4v) is 4.17. The highest BCUT2D eigenvalue weighted by Gasteiger charge is 2.35. The van der Waals surface area contributed by atoms with Gasteiger partial charge in [0.25, 0.3) is 10.2 Å².